The van der Waals surface area contributed by atoms with Gasteiger partial charge in [0.25, 0.3) is 0 Å². The zero-order valence-electron chi connectivity index (χ0n) is 10.1. The minimum atomic E-state index is 0.645. The highest BCUT2D eigenvalue weighted by atomic mass is 16.4. The molecular formula is C14H14N2O2. The van der Waals surface area contributed by atoms with E-state index in [0.29, 0.717) is 12.4 Å². The molecule has 1 aromatic carbocycles. The van der Waals surface area contributed by atoms with Crippen LogP contribution in [0.15, 0.2) is 45.6 Å². The Morgan fingerprint density at radius 1 is 1.28 bits per heavy atom. The van der Waals surface area contributed by atoms with Crippen molar-refractivity contribution < 1.29 is 8.83 Å². The van der Waals surface area contributed by atoms with Gasteiger partial charge < -0.3 is 14.2 Å². The summed E-state index contributed by atoms with van der Waals surface area (Å²) in [6.07, 6.45) is 3.45. The number of fused-ring (bicyclic) bond motifs is 1. The van der Waals surface area contributed by atoms with Crippen LogP contribution in [-0.2, 0) is 6.54 Å². The van der Waals surface area contributed by atoms with Gasteiger partial charge in [0.05, 0.1) is 18.3 Å². The van der Waals surface area contributed by atoms with Gasteiger partial charge in [-0.15, -0.1) is 0 Å². The van der Waals surface area contributed by atoms with E-state index < -0.39 is 0 Å². The van der Waals surface area contributed by atoms with Gasteiger partial charge in [0.2, 0.25) is 5.89 Å². The summed E-state index contributed by atoms with van der Waals surface area (Å²) < 4.78 is 11.2. The quantitative estimate of drug-likeness (QED) is 0.763. The third-order valence-corrected chi connectivity index (χ3v) is 2.83. The summed E-state index contributed by atoms with van der Waals surface area (Å²) in [6, 6.07) is 7.89. The van der Waals surface area contributed by atoms with Crippen LogP contribution in [0.4, 0.5) is 0 Å². The number of nitrogens with zero attached hydrogens (tertiary/aromatic N) is 1. The Hall–Kier alpha value is -2.07. The lowest BCUT2D eigenvalue weighted by Gasteiger charge is -1.95. The van der Waals surface area contributed by atoms with Crippen molar-refractivity contribution >= 4 is 11.0 Å². The highest BCUT2D eigenvalue weighted by Gasteiger charge is 2.12. The average Bonchev–Trinajstić information content (AvgIpc) is 3.02. The number of hydrogen-bond acceptors (Lipinski definition) is 4. The molecule has 4 nitrogen and oxygen atoms in total. The molecule has 0 unspecified atom stereocenters. The summed E-state index contributed by atoms with van der Waals surface area (Å²) in [5.41, 5.74) is 1.80. The molecule has 0 radical (unpaired) electrons. The first-order valence-corrected chi connectivity index (χ1v) is 6.00. The molecule has 2 aromatic heterocycles. The molecule has 0 spiro atoms. The molecule has 92 valence electrons. The smallest absolute Gasteiger partial charge is 0.208 e. The van der Waals surface area contributed by atoms with E-state index in [0.717, 1.165) is 28.8 Å². The molecule has 2 heterocycles. The molecule has 0 amide bonds. The van der Waals surface area contributed by atoms with Gasteiger partial charge in [-0.05, 0) is 12.6 Å². The molecule has 0 saturated carbocycles. The van der Waals surface area contributed by atoms with Crippen LogP contribution in [0, 0.1) is 0 Å². The zero-order chi connectivity index (χ0) is 12.4. The van der Waals surface area contributed by atoms with Gasteiger partial charge in [0.1, 0.15) is 11.8 Å². The fourth-order valence-corrected chi connectivity index (χ4v) is 1.92. The fraction of sp³-hybridized carbons (Fsp3) is 0.214. The Balaban J connectivity index is 1.96. The maximum Gasteiger partial charge on any atom is 0.208 e. The Kier molecular flexibility index (Phi) is 2.86. The molecule has 0 saturated heterocycles. The number of benzene rings is 1. The fourth-order valence-electron chi connectivity index (χ4n) is 1.92. The predicted molar refractivity (Wildman–Crippen MR) is 69.1 cm³/mol. The number of nitrogens with one attached hydrogen (secondary N) is 1. The van der Waals surface area contributed by atoms with Gasteiger partial charge in [-0.25, -0.2) is 4.98 Å². The van der Waals surface area contributed by atoms with E-state index in [1.807, 2.05) is 31.2 Å². The van der Waals surface area contributed by atoms with E-state index in [1.54, 1.807) is 12.5 Å². The molecule has 0 atom stereocenters. The first-order chi connectivity index (χ1) is 8.88. The van der Waals surface area contributed by atoms with Crippen LogP contribution in [-0.4, -0.2) is 11.5 Å². The van der Waals surface area contributed by atoms with E-state index in [2.05, 4.69) is 10.3 Å². The molecule has 18 heavy (non-hydrogen) atoms. The third-order valence-electron chi connectivity index (χ3n) is 2.83. The molecule has 0 fully saturated rings. The van der Waals surface area contributed by atoms with Crippen LogP contribution in [0.25, 0.3) is 22.3 Å². The molecule has 4 heteroatoms. The van der Waals surface area contributed by atoms with Crippen LogP contribution < -0.4 is 5.32 Å². The van der Waals surface area contributed by atoms with Crippen LogP contribution in [0.1, 0.15) is 12.8 Å². The number of hydrogen-bond donors (Lipinski definition) is 1. The first kappa shape index (κ1) is 11.0. The van der Waals surface area contributed by atoms with Crippen molar-refractivity contribution in [2.45, 2.75) is 13.5 Å². The van der Waals surface area contributed by atoms with Crippen molar-refractivity contribution in [3.05, 3.63) is 42.6 Å². The largest absolute Gasteiger partial charge is 0.464 e. The van der Waals surface area contributed by atoms with Crippen LogP contribution in [0.2, 0.25) is 0 Å². The monoisotopic (exact) mass is 242 g/mol. The predicted octanol–water partition coefficient (Wildman–Crippen LogP) is 3.20. The van der Waals surface area contributed by atoms with Crippen molar-refractivity contribution in [2.24, 2.45) is 0 Å². The van der Waals surface area contributed by atoms with Crippen molar-refractivity contribution in [1.82, 2.24) is 10.3 Å². The normalized spacial score (nSPS) is 11.2. The van der Waals surface area contributed by atoms with E-state index in [4.69, 9.17) is 8.83 Å². The Labute approximate surface area is 105 Å². The van der Waals surface area contributed by atoms with Crippen molar-refractivity contribution in [2.75, 3.05) is 6.54 Å². The second kappa shape index (κ2) is 4.66. The average molecular weight is 242 g/mol. The van der Waals surface area contributed by atoms with E-state index in [-0.39, 0.29) is 0 Å². The molecule has 3 aromatic rings. The van der Waals surface area contributed by atoms with Gasteiger partial charge in [0, 0.05) is 5.39 Å². The van der Waals surface area contributed by atoms with Gasteiger partial charge in [-0.1, -0.05) is 25.1 Å². The number of furan rings is 1. The van der Waals surface area contributed by atoms with Crippen LogP contribution in [0.5, 0.6) is 0 Å². The summed E-state index contributed by atoms with van der Waals surface area (Å²) in [5.74, 6) is 1.44. The van der Waals surface area contributed by atoms with Gasteiger partial charge in [0.15, 0.2) is 5.76 Å². The summed E-state index contributed by atoms with van der Waals surface area (Å²) in [6.45, 7) is 3.59. The van der Waals surface area contributed by atoms with Crippen molar-refractivity contribution in [3.8, 4) is 11.3 Å². The SMILES string of the molecule is CCNCc1ncc(-c2coc3ccccc23)o1. The zero-order valence-corrected chi connectivity index (χ0v) is 10.1. The summed E-state index contributed by atoms with van der Waals surface area (Å²) in [4.78, 5) is 4.25. The highest BCUT2D eigenvalue weighted by molar-refractivity contribution is 5.92. The van der Waals surface area contributed by atoms with Gasteiger partial charge in [-0.2, -0.15) is 0 Å². The van der Waals surface area contributed by atoms with Crippen LogP contribution >= 0.6 is 0 Å². The Morgan fingerprint density at radius 3 is 3.06 bits per heavy atom. The lowest BCUT2D eigenvalue weighted by Crippen LogP contribution is -2.11. The Bertz CT molecular complexity index is 654. The standard InChI is InChI=1S/C14H14N2O2/c1-2-15-8-14-16-7-13(18-14)11-9-17-12-6-4-3-5-10(11)12/h3-7,9,15H,2,8H2,1H3. The van der Waals surface area contributed by atoms with Gasteiger partial charge in [-0.3, -0.25) is 0 Å². The van der Waals surface area contributed by atoms with Crippen molar-refractivity contribution in [1.29, 1.82) is 0 Å². The maximum absolute atomic E-state index is 5.70. The van der Waals surface area contributed by atoms with Crippen molar-refractivity contribution in [3.63, 3.8) is 0 Å². The van der Waals surface area contributed by atoms with E-state index in [9.17, 15) is 0 Å². The Morgan fingerprint density at radius 2 is 2.17 bits per heavy atom. The molecular weight excluding hydrogens is 228 g/mol. The minimum Gasteiger partial charge on any atom is -0.464 e. The third kappa shape index (κ3) is 1.91. The van der Waals surface area contributed by atoms with E-state index in [1.165, 1.54) is 0 Å². The van der Waals surface area contributed by atoms with Gasteiger partial charge >= 0.3 is 0 Å². The molecule has 1 N–H and O–H groups in total. The second-order valence-electron chi connectivity index (χ2n) is 4.04. The molecule has 0 aliphatic carbocycles. The lowest BCUT2D eigenvalue weighted by atomic mass is 10.1. The summed E-state index contributed by atoms with van der Waals surface area (Å²) in [5, 5.41) is 4.23. The number of aromatic nitrogens is 1. The maximum atomic E-state index is 5.70. The molecule has 0 aliphatic rings. The lowest BCUT2D eigenvalue weighted by molar-refractivity contribution is 0.482. The van der Waals surface area contributed by atoms with Crippen LogP contribution in [0.3, 0.4) is 0 Å². The molecule has 3 rings (SSSR count). The number of rotatable bonds is 4. The van der Waals surface area contributed by atoms with E-state index >= 15 is 0 Å². The molecule has 0 aliphatic heterocycles. The molecule has 0 bridgehead atoms. The first-order valence-electron chi connectivity index (χ1n) is 6.00. The highest BCUT2D eigenvalue weighted by Crippen LogP contribution is 2.30. The topological polar surface area (TPSA) is 51.2 Å². The summed E-state index contributed by atoms with van der Waals surface area (Å²) in [7, 11) is 0. The minimum absolute atomic E-state index is 0.645. The summed E-state index contributed by atoms with van der Waals surface area (Å²) >= 11 is 0. The number of oxazole rings is 1. The number of para-hydroxylation sites is 1. The second-order valence-corrected chi connectivity index (χ2v) is 4.04.